The quantitative estimate of drug-likeness (QED) is 0.721. The maximum Gasteiger partial charge on any atom is 0.159 e. The van der Waals surface area contributed by atoms with Gasteiger partial charge in [-0.3, -0.25) is 4.98 Å². The van der Waals surface area contributed by atoms with Gasteiger partial charge in [0.05, 0.1) is 7.11 Å². The van der Waals surface area contributed by atoms with Crippen molar-refractivity contribution in [3.63, 3.8) is 0 Å². The van der Waals surface area contributed by atoms with Gasteiger partial charge < -0.3 is 4.74 Å². The van der Waals surface area contributed by atoms with Crippen LogP contribution in [0.4, 0.5) is 0 Å². The number of pyridine rings is 1. The Morgan fingerprint density at radius 3 is 2.55 bits per heavy atom. The zero-order chi connectivity index (χ0) is 14.1. The predicted octanol–water partition coefficient (Wildman–Crippen LogP) is 3.66. The smallest absolute Gasteiger partial charge is 0.159 e. The van der Waals surface area contributed by atoms with Gasteiger partial charge in [-0.05, 0) is 18.6 Å². The molecule has 0 spiro atoms. The number of hydrogen-bond donors (Lipinski definition) is 0. The molecule has 2 aromatic heterocycles. The Labute approximate surface area is 121 Å². The van der Waals surface area contributed by atoms with Crippen molar-refractivity contribution >= 4 is 22.4 Å². The molecule has 1 aromatic carbocycles. The second-order valence-electron chi connectivity index (χ2n) is 4.45. The van der Waals surface area contributed by atoms with Crippen LogP contribution in [-0.4, -0.2) is 22.3 Å². The first-order valence-electron chi connectivity index (χ1n) is 6.12. The van der Waals surface area contributed by atoms with Crippen molar-refractivity contribution in [2.75, 3.05) is 7.11 Å². The minimum absolute atomic E-state index is 0.385. The molecule has 0 N–H and O–H groups in total. The maximum atomic E-state index is 6.09. The van der Waals surface area contributed by atoms with E-state index in [0.717, 1.165) is 16.3 Å². The zero-order valence-corrected chi connectivity index (χ0v) is 11.8. The highest BCUT2D eigenvalue weighted by Crippen LogP contribution is 2.33. The third-order valence-corrected chi connectivity index (χ3v) is 3.36. The van der Waals surface area contributed by atoms with Crippen LogP contribution in [0.1, 0.15) is 5.56 Å². The van der Waals surface area contributed by atoms with Crippen LogP contribution in [0, 0.1) is 6.92 Å². The van der Waals surface area contributed by atoms with Gasteiger partial charge in [0, 0.05) is 17.0 Å². The minimum Gasteiger partial charge on any atom is -0.494 e. The van der Waals surface area contributed by atoms with Crippen LogP contribution in [0.2, 0.25) is 5.15 Å². The Morgan fingerprint density at radius 1 is 1.05 bits per heavy atom. The van der Waals surface area contributed by atoms with Crippen molar-refractivity contribution in [1.82, 2.24) is 15.2 Å². The van der Waals surface area contributed by atoms with E-state index in [1.807, 2.05) is 37.3 Å². The lowest BCUT2D eigenvalue weighted by atomic mass is 10.1. The van der Waals surface area contributed by atoms with Gasteiger partial charge in [0.15, 0.2) is 5.15 Å². The molecular formula is C15H12ClN3O. The molecule has 20 heavy (non-hydrogen) atoms. The summed E-state index contributed by atoms with van der Waals surface area (Å²) in [7, 11) is 1.62. The van der Waals surface area contributed by atoms with Gasteiger partial charge in [0.25, 0.3) is 0 Å². The van der Waals surface area contributed by atoms with Gasteiger partial charge in [-0.2, -0.15) is 0 Å². The normalized spacial score (nSPS) is 10.8. The summed E-state index contributed by atoms with van der Waals surface area (Å²) in [5.41, 5.74) is 2.36. The van der Waals surface area contributed by atoms with Gasteiger partial charge in [-0.25, -0.2) is 0 Å². The van der Waals surface area contributed by atoms with Crippen molar-refractivity contribution in [3.05, 3.63) is 47.2 Å². The Balaban J connectivity index is 2.33. The van der Waals surface area contributed by atoms with Gasteiger partial charge in [-0.15, -0.1) is 10.2 Å². The van der Waals surface area contributed by atoms with Gasteiger partial charge in [0.1, 0.15) is 17.1 Å². The molecule has 0 amide bonds. The summed E-state index contributed by atoms with van der Waals surface area (Å²) in [4.78, 5) is 4.43. The van der Waals surface area contributed by atoms with Crippen LogP contribution < -0.4 is 4.74 Å². The van der Waals surface area contributed by atoms with Gasteiger partial charge in [0.2, 0.25) is 0 Å². The second-order valence-corrected chi connectivity index (χ2v) is 4.81. The number of aryl methyl sites for hydroxylation is 1. The molecule has 2 heterocycles. The number of aromatic nitrogens is 3. The summed E-state index contributed by atoms with van der Waals surface area (Å²) >= 11 is 6.09. The SMILES string of the molecule is COc1cc(C)cnc1-c1nnc(Cl)c2ccccc12. The highest BCUT2D eigenvalue weighted by Gasteiger charge is 2.15. The average molecular weight is 286 g/mol. The first-order chi connectivity index (χ1) is 9.70. The fraction of sp³-hybridized carbons (Fsp3) is 0.133. The van der Waals surface area contributed by atoms with E-state index in [-0.39, 0.29) is 0 Å². The van der Waals surface area contributed by atoms with E-state index in [0.29, 0.717) is 22.3 Å². The van der Waals surface area contributed by atoms with Crippen molar-refractivity contribution < 1.29 is 4.74 Å². The van der Waals surface area contributed by atoms with Crippen molar-refractivity contribution in [2.24, 2.45) is 0 Å². The summed E-state index contributed by atoms with van der Waals surface area (Å²) in [6.45, 7) is 1.96. The summed E-state index contributed by atoms with van der Waals surface area (Å²) in [5, 5.41) is 10.3. The first kappa shape index (κ1) is 12.8. The molecular weight excluding hydrogens is 274 g/mol. The topological polar surface area (TPSA) is 47.9 Å². The molecule has 0 unspecified atom stereocenters. The number of ether oxygens (including phenoxy) is 1. The van der Waals surface area contributed by atoms with Gasteiger partial charge in [-0.1, -0.05) is 35.9 Å². The summed E-state index contributed by atoms with van der Waals surface area (Å²) in [5.74, 6) is 0.673. The molecule has 0 bridgehead atoms. The van der Waals surface area contributed by atoms with E-state index in [4.69, 9.17) is 16.3 Å². The molecule has 0 saturated carbocycles. The van der Waals surface area contributed by atoms with Crippen molar-refractivity contribution in [2.45, 2.75) is 6.92 Å². The van der Waals surface area contributed by atoms with E-state index >= 15 is 0 Å². The highest BCUT2D eigenvalue weighted by molar-refractivity contribution is 6.34. The number of halogens is 1. The third-order valence-electron chi connectivity index (χ3n) is 3.08. The fourth-order valence-corrected chi connectivity index (χ4v) is 2.32. The molecule has 0 aliphatic rings. The highest BCUT2D eigenvalue weighted by atomic mass is 35.5. The van der Waals surface area contributed by atoms with E-state index in [2.05, 4.69) is 15.2 Å². The van der Waals surface area contributed by atoms with Crippen LogP contribution in [0.25, 0.3) is 22.2 Å². The minimum atomic E-state index is 0.385. The molecule has 0 saturated heterocycles. The second kappa shape index (κ2) is 5.06. The fourth-order valence-electron chi connectivity index (χ4n) is 2.12. The lowest BCUT2D eigenvalue weighted by Gasteiger charge is -2.10. The summed E-state index contributed by atoms with van der Waals surface area (Å²) < 4.78 is 5.40. The molecule has 0 fully saturated rings. The first-order valence-corrected chi connectivity index (χ1v) is 6.50. The molecule has 4 nitrogen and oxygen atoms in total. The maximum absolute atomic E-state index is 6.09. The molecule has 100 valence electrons. The van der Waals surface area contributed by atoms with Crippen molar-refractivity contribution in [3.8, 4) is 17.1 Å². The number of hydrogen-bond acceptors (Lipinski definition) is 4. The number of methoxy groups -OCH3 is 1. The van der Waals surface area contributed by atoms with Crippen LogP contribution in [0.15, 0.2) is 36.5 Å². The van der Waals surface area contributed by atoms with Gasteiger partial charge >= 0.3 is 0 Å². The standard InChI is InChI=1S/C15H12ClN3O/c1-9-7-12(20-2)14(17-8-9)13-10-5-3-4-6-11(10)15(16)19-18-13/h3-8H,1-2H3. The number of nitrogens with zero attached hydrogens (tertiary/aromatic N) is 3. The zero-order valence-electron chi connectivity index (χ0n) is 11.1. The monoisotopic (exact) mass is 285 g/mol. The Morgan fingerprint density at radius 2 is 1.80 bits per heavy atom. The molecule has 0 atom stereocenters. The summed E-state index contributed by atoms with van der Waals surface area (Å²) in [6, 6.07) is 9.64. The molecule has 0 aliphatic carbocycles. The summed E-state index contributed by atoms with van der Waals surface area (Å²) in [6.07, 6.45) is 1.78. The lowest BCUT2D eigenvalue weighted by Crippen LogP contribution is -1.97. The van der Waals surface area contributed by atoms with E-state index in [1.165, 1.54) is 0 Å². The van der Waals surface area contributed by atoms with Crippen molar-refractivity contribution in [1.29, 1.82) is 0 Å². The Kier molecular flexibility index (Phi) is 3.24. The largest absolute Gasteiger partial charge is 0.494 e. The van der Waals surface area contributed by atoms with Crippen LogP contribution in [-0.2, 0) is 0 Å². The third kappa shape index (κ3) is 2.08. The Hall–Kier alpha value is -2.20. The number of rotatable bonds is 2. The number of fused-ring (bicyclic) bond motifs is 1. The predicted molar refractivity (Wildman–Crippen MR) is 79.1 cm³/mol. The molecule has 5 heteroatoms. The van der Waals surface area contributed by atoms with Crippen LogP contribution in [0.5, 0.6) is 5.75 Å². The molecule has 0 radical (unpaired) electrons. The van der Waals surface area contributed by atoms with E-state index in [9.17, 15) is 0 Å². The Bertz CT molecular complexity index is 789. The van der Waals surface area contributed by atoms with Crippen LogP contribution >= 0.6 is 11.6 Å². The van der Waals surface area contributed by atoms with Crippen LogP contribution in [0.3, 0.4) is 0 Å². The number of benzene rings is 1. The lowest BCUT2D eigenvalue weighted by molar-refractivity contribution is 0.414. The van der Waals surface area contributed by atoms with E-state index in [1.54, 1.807) is 13.3 Å². The molecule has 3 aromatic rings. The average Bonchev–Trinajstić information content (AvgIpc) is 2.48. The molecule has 3 rings (SSSR count). The van der Waals surface area contributed by atoms with E-state index < -0.39 is 0 Å². The molecule has 0 aliphatic heterocycles.